The summed E-state index contributed by atoms with van der Waals surface area (Å²) in [7, 11) is 0. The summed E-state index contributed by atoms with van der Waals surface area (Å²) < 4.78 is 5.51. The van der Waals surface area contributed by atoms with Crippen LogP contribution in [0.2, 0.25) is 5.02 Å². The zero-order valence-corrected chi connectivity index (χ0v) is 18.1. The van der Waals surface area contributed by atoms with Gasteiger partial charge in [-0.05, 0) is 32.9 Å². The number of rotatable bonds is 2. The van der Waals surface area contributed by atoms with Gasteiger partial charge in [0, 0.05) is 43.6 Å². The largest absolute Gasteiger partial charge is 0.444 e. The van der Waals surface area contributed by atoms with Crippen molar-refractivity contribution in [1.82, 2.24) is 14.9 Å². The van der Waals surface area contributed by atoms with Crippen molar-refractivity contribution in [2.24, 2.45) is 11.8 Å². The van der Waals surface area contributed by atoms with Crippen LogP contribution in [-0.2, 0) is 4.74 Å². The highest BCUT2D eigenvalue weighted by atomic mass is 35.5. The SMILES string of the molecule is CC(C)(C)OC(=O)N1CC2CN(c3ncc(Cl)c(-c4ccc(C#N)cc4)n3)CC2C1. The van der Waals surface area contributed by atoms with E-state index >= 15 is 0 Å². The van der Waals surface area contributed by atoms with Crippen molar-refractivity contribution in [3.05, 3.63) is 41.0 Å². The number of amides is 1. The molecular weight excluding hydrogens is 402 g/mol. The van der Waals surface area contributed by atoms with Crippen molar-refractivity contribution in [1.29, 1.82) is 5.26 Å². The van der Waals surface area contributed by atoms with Crippen LogP contribution in [0.15, 0.2) is 30.5 Å². The van der Waals surface area contributed by atoms with Gasteiger partial charge in [0.05, 0.1) is 28.5 Å². The van der Waals surface area contributed by atoms with Gasteiger partial charge in [-0.2, -0.15) is 5.26 Å². The molecule has 0 radical (unpaired) electrons. The molecule has 4 rings (SSSR count). The number of benzene rings is 1. The van der Waals surface area contributed by atoms with Crippen molar-refractivity contribution in [3.63, 3.8) is 0 Å². The number of carbonyl (C=O) groups is 1. The first-order valence-corrected chi connectivity index (χ1v) is 10.4. The van der Waals surface area contributed by atoms with E-state index in [2.05, 4.69) is 16.0 Å². The number of ether oxygens (including phenoxy) is 1. The highest BCUT2D eigenvalue weighted by molar-refractivity contribution is 6.32. The van der Waals surface area contributed by atoms with E-state index in [9.17, 15) is 4.79 Å². The zero-order valence-electron chi connectivity index (χ0n) is 17.3. The number of hydrogen-bond acceptors (Lipinski definition) is 6. The third-order valence-electron chi connectivity index (χ3n) is 5.44. The molecule has 30 heavy (non-hydrogen) atoms. The highest BCUT2D eigenvalue weighted by Gasteiger charge is 2.43. The van der Waals surface area contributed by atoms with Gasteiger partial charge in [-0.3, -0.25) is 0 Å². The molecule has 2 aliphatic heterocycles. The average molecular weight is 426 g/mol. The number of fused-ring (bicyclic) bond motifs is 1. The minimum Gasteiger partial charge on any atom is -0.444 e. The third kappa shape index (κ3) is 4.19. The summed E-state index contributed by atoms with van der Waals surface area (Å²) in [5.74, 6) is 1.38. The number of carbonyl (C=O) groups excluding carboxylic acids is 1. The Labute approximate surface area is 181 Å². The van der Waals surface area contributed by atoms with E-state index in [-0.39, 0.29) is 6.09 Å². The number of nitriles is 1. The van der Waals surface area contributed by atoms with Crippen molar-refractivity contribution in [2.75, 3.05) is 31.1 Å². The molecule has 2 aromatic rings. The maximum atomic E-state index is 12.4. The van der Waals surface area contributed by atoms with Crippen LogP contribution >= 0.6 is 11.6 Å². The molecule has 2 saturated heterocycles. The van der Waals surface area contributed by atoms with Crippen LogP contribution in [0.3, 0.4) is 0 Å². The normalized spacial score (nSPS) is 20.8. The van der Waals surface area contributed by atoms with Gasteiger partial charge in [0.15, 0.2) is 0 Å². The van der Waals surface area contributed by atoms with E-state index in [4.69, 9.17) is 26.6 Å². The summed E-state index contributed by atoms with van der Waals surface area (Å²) >= 11 is 6.35. The number of likely N-dealkylation sites (tertiary alicyclic amines) is 1. The summed E-state index contributed by atoms with van der Waals surface area (Å²) in [5.41, 5.74) is 1.60. The lowest BCUT2D eigenvalue weighted by Crippen LogP contribution is -2.37. The molecular formula is C22H24ClN5O2. The molecule has 2 aliphatic rings. The quantitative estimate of drug-likeness (QED) is 0.723. The lowest BCUT2D eigenvalue weighted by atomic mass is 10.0. The van der Waals surface area contributed by atoms with Crippen molar-refractivity contribution in [2.45, 2.75) is 26.4 Å². The number of hydrogen-bond donors (Lipinski definition) is 0. The topological polar surface area (TPSA) is 82.4 Å². The van der Waals surface area contributed by atoms with Crippen LogP contribution in [0.1, 0.15) is 26.3 Å². The van der Waals surface area contributed by atoms with Crippen LogP contribution < -0.4 is 4.90 Å². The molecule has 0 spiro atoms. The average Bonchev–Trinajstić information content (AvgIpc) is 3.27. The van der Waals surface area contributed by atoms with Crippen LogP contribution in [0.25, 0.3) is 11.3 Å². The van der Waals surface area contributed by atoms with E-state index in [1.54, 1.807) is 18.3 Å². The molecule has 0 N–H and O–H groups in total. The fourth-order valence-electron chi connectivity index (χ4n) is 4.05. The van der Waals surface area contributed by atoms with Crippen LogP contribution in [0, 0.1) is 23.2 Å². The second-order valence-corrected chi connectivity index (χ2v) is 9.27. The van der Waals surface area contributed by atoms with Crippen LogP contribution in [-0.4, -0.2) is 52.7 Å². The third-order valence-corrected chi connectivity index (χ3v) is 5.72. The zero-order chi connectivity index (χ0) is 21.5. The number of aromatic nitrogens is 2. The summed E-state index contributed by atoms with van der Waals surface area (Å²) in [4.78, 5) is 25.5. The first-order chi connectivity index (χ1) is 14.2. The molecule has 2 atom stereocenters. The van der Waals surface area contributed by atoms with Gasteiger partial charge >= 0.3 is 6.09 Å². The minimum absolute atomic E-state index is 0.241. The van der Waals surface area contributed by atoms with Gasteiger partial charge in [0.25, 0.3) is 0 Å². The van der Waals surface area contributed by atoms with E-state index < -0.39 is 5.60 Å². The van der Waals surface area contributed by atoms with Crippen molar-refractivity contribution >= 4 is 23.6 Å². The summed E-state index contributed by atoms with van der Waals surface area (Å²) in [5, 5.41) is 9.46. The molecule has 0 bridgehead atoms. The van der Waals surface area contributed by atoms with Gasteiger partial charge in [-0.15, -0.1) is 0 Å². The Balaban J connectivity index is 1.46. The maximum absolute atomic E-state index is 12.4. The number of halogens is 1. The predicted molar refractivity (Wildman–Crippen MR) is 114 cm³/mol. The van der Waals surface area contributed by atoms with Gasteiger partial charge in [0.1, 0.15) is 5.60 Å². The molecule has 156 valence electrons. The molecule has 3 heterocycles. The Bertz CT molecular complexity index is 982. The van der Waals surface area contributed by atoms with E-state index in [0.717, 1.165) is 18.7 Å². The van der Waals surface area contributed by atoms with Crippen LogP contribution in [0.4, 0.5) is 10.7 Å². The lowest BCUT2D eigenvalue weighted by Gasteiger charge is -2.26. The highest BCUT2D eigenvalue weighted by Crippen LogP contribution is 2.35. The Morgan fingerprint density at radius 1 is 1.17 bits per heavy atom. The van der Waals surface area contributed by atoms with Gasteiger partial charge < -0.3 is 14.5 Å². The van der Waals surface area contributed by atoms with Crippen molar-refractivity contribution < 1.29 is 9.53 Å². The molecule has 0 saturated carbocycles. The summed E-state index contributed by atoms with van der Waals surface area (Å²) in [6, 6.07) is 9.29. The Kier molecular flexibility index (Phi) is 5.29. The fraction of sp³-hybridized carbons (Fsp3) is 0.455. The van der Waals surface area contributed by atoms with Gasteiger partial charge in [-0.1, -0.05) is 23.7 Å². The predicted octanol–water partition coefficient (Wildman–Crippen LogP) is 3.97. The van der Waals surface area contributed by atoms with E-state index in [0.29, 0.717) is 47.2 Å². The Morgan fingerprint density at radius 2 is 1.80 bits per heavy atom. The summed E-state index contributed by atoms with van der Waals surface area (Å²) in [6.45, 7) is 8.60. The molecule has 2 unspecified atom stereocenters. The second kappa shape index (κ2) is 7.77. The van der Waals surface area contributed by atoms with E-state index in [1.807, 2.05) is 37.8 Å². The minimum atomic E-state index is -0.486. The number of anilines is 1. The molecule has 1 aromatic carbocycles. The van der Waals surface area contributed by atoms with Crippen LogP contribution in [0.5, 0.6) is 0 Å². The Hall–Kier alpha value is -2.85. The summed E-state index contributed by atoms with van der Waals surface area (Å²) in [6.07, 6.45) is 1.38. The van der Waals surface area contributed by atoms with Gasteiger partial charge in [0.2, 0.25) is 5.95 Å². The van der Waals surface area contributed by atoms with Crippen molar-refractivity contribution in [3.8, 4) is 17.3 Å². The molecule has 2 fully saturated rings. The lowest BCUT2D eigenvalue weighted by molar-refractivity contribution is 0.0282. The van der Waals surface area contributed by atoms with Gasteiger partial charge in [-0.25, -0.2) is 14.8 Å². The smallest absolute Gasteiger partial charge is 0.410 e. The first-order valence-electron chi connectivity index (χ1n) is 9.99. The monoisotopic (exact) mass is 425 g/mol. The maximum Gasteiger partial charge on any atom is 0.410 e. The molecule has 1 aromatic heterocycles. The molecule has 1 amide bonds. The Morgan fingerprint density at radius 3 is 2.37 bits per heavy atom. The van der Waals surface area contributed by atoms with E-state index in [1.165, 1.54) is 0 Å². The number of nitrogens with zero attached hydrogens (tertiary/aromatic N) is 5. The molecule has 0 aliphatic carbocycles. The first kappa shape index (κ1) is 20.4. The standard InChI is InChI=1S/C22H24ClN5O2/c1-22(2,3)30-21(29)28-12-16-10-27(11-17(16)13-28)20-25-9-18(23)19(26-20)15-6-4-14(8-24)5-7-15/h4-7,9,16-17H,10-13H2,1-3H3. The second-order valence-electron chi connectivity index (χ2n) is 8.87. The molecule has 8 heteroatoms. The fourth-order valence-corrected chi connectivity index (χ4v) is 4.25. The molecule has 7 nitrogen and oxygen atoms in total.